The number of nitrogens with zero attached hydrogens (tertiary/aromatic N) is 4. The fraction of sp³-hybridized carbons (Fsp3) is 0.0400. The van der Waals surface area contributed by atoms with Crippen molar-refractivity contribution in [2.45, 2.75) is 6.92 Å². The van der Waals surface area contributed by atoms with Crippen molar-refractivity contribution in [2.24, 2.45) is 0 Å². The van der Waals surface area contributed by atoms with Gasteiger partial charge in [-0.25, -0.2) is 9.37 Å². The van der Waals surface area contributed by atoms with Crippen LogP contribution in [0.5, 0.6) is 5.75 Å². The number of phenolic OH excluding ortho intramolecular Hbond substituents is 1. The molecular weight excluding hydrogens is 419 g/mol. The maximum Gasteiger partial charge on any atom is 0.155 e. The highest BCUT2D eigenvalue weighted by Gasteiger charge is 2.16. The highest BCUT2D eigenvalue weighted by atomic mass is 19.1. The lowest BCUT2D eigenvalue weighted by molar-refractivity contribution is 0.469. The predicted octanol–water partition coefficient (Wildman–Crippen LogP) is 5.38. The zero-order valence-corrected chi connectivity index (χ0v) is 17.5. The first-order valence-corrected chi connectivity index (χ1v) is 10.3. The minimum Gasteiger partial charge on any atom is -0.508 e. The molecule has 0 amide bonds. The Hall–Kier alpha value is -4.59. The molecule has 5 heterocycles. The summed E-state index contributed by atoms with van der Waals surface area (Å²) < 4.78 is 13.9. The Labute approximate surface area is 187 Å². The van der Waals surface area contributed by atoms with E-state index in [4.69, 9.17) is 0 Å². The maximum atomic E-state index is 13.9. The van der Waals surface area contributed by atoms with Crippen LogP contribution in [0.2, 0.25) is 0 Å². The van der Waals surface area contributed by atoms with E-state index in [0.29, 0.717) is 22.5 Å². The van der Waals surface area contributed by atoms with Gasteiger partial charge in [-0.3, -0.25) is 15.1 Å². The first-order chi connectivity index (χ1) is 16.1. The summed E-state index contributed by atoms with van der Waals surface area (Å²) in [6.45, 7) is 2.04. The van der Waals surface area contributed by atoms with Crippen molar-refractivity contribution >= 4 is 21.9 Å². The summed E-state index contributed by atoms with van der Waals surface area (Å²) in [6.07, 6.45) is 8.76. The van der Waals surface area contributed by atoms with Crippen LogP contribution in [-0.2, 0) is 0 Å². The number of aromatic nitrogens is 6. The number of pyridine rings is 3. The molecule has 7 nitrogen and oxygen atoms in total. The van der Waals surface area contributed by atoms with Gasteiger partial charge in [-0.05, 0) is 48.4 Å². The summed E-state index contributed by atoms with van der Waals surface area (Å²) in [4.78, 5) is 16.4. The first-order valence-electron chi connectivity index (χ1n) is 10.3. The second-order valence-corrected chi connectivity index (χ2v) is 7.91. The van der Waals surface area contributed by atoms with Crippen molar-refractivity contribution in [1.82, 2.24) is 30.1 Å². The number of H-pyrrole nitrogens is 2. The van der Waals surface area contributed by atoms with Gasteiger partial charge in [0.2, 0.25) is 0 Å². The normalized spacial score (nSPS) is 11.5. The molecule has 160 valence electrons. The fourth-order valence-electron chi connectivity index (χ4n) is 4.16. The van der Waals surface area contributed by atoms with Gasteiger partial charge in [0, 0.05) is 58.3 Å². The summed E-state index contributed by atoms with van der Waals surface area (Å²) in [5.41, 5.74) is 7.23. The second-order valence-electron chi connectivity index (χ2n) is 7.91. The third-order valence-corrected chi connectivity index (χ3v) is 5.76. The molecular formula is C25H17FN6O. The van der Waals surface area contributed by atoms with Crippen molar-refractivity contribution in [3.8, 4) is 39.4 Å². The van der Waals surface area contributed by atoms with Crippen LogP contribution in [0.15, 0.2) is 67.4 Å². The molecule has 0 saturated carbocycles. The molecule has 6 aromatic rings. The van der Waals surface area contributed by atoms with Gasteiger partial charge < -0.3 is 10.1 Å². The number of fused-ring (bicyclic) bond motifs is 2. The first kappa shape index (κ1) is 19.1. The van der Waals surface area contributed by atoms with E-state index in [1.807, 2.05) is 31.3 Å². The number of aryl methyl sites for hydroxylation is 1. The highest BCUT2D eigenvalue weighted by Crippen LogP contribution is 2.35. The van der Waals surface area contributed by atoms with E-state index < -0.39 is 5.82 Å². The number of aromatic amines is 2. The van der Waals surface area contributed by atoms with Crippen LogP contribution < -0.4 is 0 Å². The van der Waals surface area contributed by atoms with Crippen LogP contribution in [-0.4, -0.2) is 35.2 Å². The Balaban J connectivity index is 1.52. The summed E-state index contributed by atoms with van der Waals surface area (Å²) >= 11 is 0. The average Bonchev–Trinajstić information content (AvgIpc) is 3.42. The van der Waals surface area contributed by atoms with Crippen LogP contribution in [0.25, 0.3) is 55.6 Å². The molecule has 3 N–H and O–H groups in total. The molecule has 0 spiro atoms. The van der Waals surface area contributed by atoms with Crippen molar-refractivity contribution in [2.75, 3.05) is 0 Å². The molecule has 0 unspecified atom stereocenters. The van der Waals surface area contributed by atoms with Crippen molar-refractivity contribution < 1.29 is 9.50 Å². The number of benzene rings is 1. The highest BCUT2D eigenvalue weighted by molar-refractivity contribution is 6.00. The Morgan fingerprint density at radius 3 is 2.61 bits per heavy atom. The van der Waals surface area contributed by atoms with E-state index in [2.05, 4.69) is 30.1 Å². The second kappa shape index (κ2) is 7.23. The molecule has 0 radical (unpaired) electrons. The maximum absolute atomic E-state index is 13.9. The Bertz CT molecular complexity index is 1650. The molecule has 0 saturated heterocycles. The number of aromatic hydroxyl groups is 1. The molecule has 6 rings (SSSR count). The zero-order chi connectivity index (χ0) is 22.5. The lowest BCUT2D eigenvalue weighted by atomic mass is 10.0. The third-order valence-electron chi connectivity index (χ3n) is 5.76. The molecule has 0 atom stereocenters. The predicted molar refractivity (Wildman–Crippen MR) is 124 cm³/mol. The summed E-state index contributed by atoms with van der Waals surface area (Å²) in [6, 6.07) is 9.92. The van der Waals surface area contributed by atoms with Crippen molar-refractivity contribution in [1.29, 1.82) is 0 Å². The van der Waals surface area contributed by atoms with E-state index in [-0.39, 0.29) is 5.75 Å². The standard InChI is InChI=1S/C25H17FN6O/c1-13-2-3-27-10-20(13)15-6-19-24(31-32-25(19)29-9-15)22-8-18-21(11-28-12-23(18)30-22)14-4-16(26)7-17(33)5-14/h2-12,30,33H,1H3,(H,29,31,32). The molecule has 0 aliphatic rings. The minimum atomic E-state index is -0.514. The largest absolute Gasteiger partial charge is 0.508 e. The number of rotatable bonds is 3. The van der Waals surface area contributed by atoms with E-state index >= 15 is 0 Å². The van der Waals surface area contributed by atoms with Crippen LogP contribution in [0.4, 0.5) is 4.39 Å². The lowest BCUT2D eigenvalue weighted by Crippen LogP contribution is -1.87. The summed E-state index contributed by atoms with van der Waals surface area (Å²) in [7, 11) is 0. The molecule has 8 heteroatoms. The summed E-state index contributed by atoms with van der Waals surface area (Å²) in [5.74, 6) is -0.652. The van der Waals surface area contributed by atoms with Crippen LogP contribution in [0.1, 0.15) is 5.56 Å². The SMILES string of the molecule is Cc1ccncc1-c1cnc2[nH]nc(-c3cc4c(-c5cc(O)cc(F)c5)cncc4[nH]3)c2c1. The number of halogens is 1. The van der Waals surface area contributed by atoms with Gasteiger partial charge in [0.15, 0.2) is 5.65 Å². The molecule has 0 fully saturated rings. The van der Waals surface area contributed by atoms with E-state index in [9.17, 15) is 9.50 Å². The van der Waals surface area contributed by atoms with Gasteiger partial charge in [0.1, 0.15) is 17.3 Å². The van der Waals surface area contributed by atoms with Gasteiger partial charge in [-0.2, -0.15) is 5.10 Å². The Morgan fingerprint density at radius 2 is 1.76 bits per heavy atom. The molecule has 0 bridgehead atoms. The average molecular weight is 436 g/mol. The number of hydrogen-bond acceptors (Lipinski definition) is 5. The number of hydrogen-bond donors (Lipinski definition) is 3. The number of phenols is 1. The van der Waals surface area contributed by atoms with E-state index in [0.717, 1.165) is 44.7 Å². The molecule has 5 aromatic heterocycles. The molecule has 1 aromatic carbocycles. The van der Waals surface area contributed by atoms with E-state index in [1.54, 1.807) is 24.8 Å². The molecule has 0 aliphatic heterocycles. The Kier molecular flexibility index (Phi) is 4.19. The lowest BCUT2D eigenvalue weighted by Gasteiger charge is -2.04. The molecule has 33 heavy (non-hydrogen) atoms. The van der Waals surface area contributed by atoms with Crippen LogP contribution in [0, 0.1) is 12.7 Å². The van der Waals surface area contributed by atoms with Gasteiger partial charge in [-0.1, -0.05) is 0 Å². The third kappa shape index (κ3) is 3.20. The van der Waals surface area contributed by atoms with Gasteiger partial charge in [0.25, 0.3) is 0 Å². The quantitative estimate of drug-likeness (QED) is 0.345. The van der Waals surface area contributed by atoms with Crippen LogP contribution in [0.3, 0.4) is 0 Å². The minimum absolute atomic E-state index is 0.139. The van der Waals surface area contributed by atoms with Crippen LogP contribution >= 0.6 is 0 Å². The Morgan fingerprint density at radius 1 is 0.879 bits per heavy atom. The van der Waals surface area contributed by atoms with Gasteiger partial charge in [0.05, 0.1) is 17.4 Å². The monoisotopic (exact) mass is 436 g/mol. The van der Waals surface area contributed by atoms with Gasteiger partial charge in [-0.15, -0.1) is 0 Å². The number of nitrogens with one attached hydrogen (secondary N) is 2. The fourth-order valence-corrected chi connectivity index (χ4v) is 4.16. The summed E-state index contributed by atoms with van der Waals surface area (Å²) in [5, 5.41) is 19.0. The van der Waals surface area contributed by atoms with Crippen molar-refractivity contribution in [3.63, 3.8) is 0 Å². The van der Waals surface area contributed by atoms with E-state index in [1.165, 1.54) is 12.1 Å². The topological polar surface area (TPSA) is 103 Å². The zero-order valence-electron chi connectivity index (χ0n) is 17.5. The smallest absolute Gasteiger partial charge is 0.155 e. The van der Waals surface area contributed by atoms with Gasteiger partial charge >= 0.3 is 0 Å². The van der Waals surface area contributed by atoms with Crippen molar-refractivity contribution in [3.05, 3.63) is 78.8 Å². The molecule has 0 aliphatic carbocycles.